The Bertz CT molecular complexity index is 279. The second kappa shape index (κ2) is 5.51. The van der Waals surface area contributed by atoms with E-state index in [0.29, 0.717) is 6.61 Å². The Morgan fingerprint density at radius 3 is 2.13 bits per heavy atom. The monoisotopic (exact) mass is 254 g/mol. The third kappa shape index (κ3) is 4.70. The molecule has 0 saturated heterocycles. The van der Waals surface area contributed by atoms with E-state index in [1.807, 2.05) is 0 Å². The van der Waals surface area contributed by atoms with Gasteiger partial charge in [0.2, 0.25) is 9.05 Å². The maximum atomic E-state index is 11.2. The molecule has 0 aromatic rings. The third-order valence-corrected chi connectivity index (χ3v) is 4.38. The minimum atomic E-state index is -3.43. The molecular weight excluding hydrogens is 236 g/mol. The maximum Gasteiger partial charge on any atom is 0.233 e. The highest BCUT2D eigenvalue weighted by atomic mass is 35.7. The molecule has 0 spiro atoms. The van der Waals surface area contributed by atoms with Crippen molar-refractivity contribution >= 4 is 19.7 Å². The molecule has 1 fully saturated rings. The molecule has 1 aliphatic rings. The minimum absolute atomic E-state index is 0.0510. The highest BCUT2D eigenvalue weighted by Crippen LogP contribution is 2.37. The maximum absolute atomic E-state index is 11.2. The number of halogens is 1. The Balaban J connectivity index is 2.75. The SMILES string of the molecule is COCC1(CS(=O)(=O)Cl)CCCCCC1. The van der Waals surface area contributed by atoms with Crippen molar-refractivity contribution in [3.8, 4) is 0 Å². The molecular formula is C10H19ClO3S. The topological polar surface area (TPSA) is 43.4 Å². The normalized spacial score (nSPS) is 22.3. The van der Waals surface area contributed by atoms with Crippen LogP contribution in [0.25, 0.3) is 0 Å². The van der Waals surface area contributed by atoms with Gasteiger partial charge in [-0.2, -0.15) is 0 Å². The van der Waals surface area contributed by atoms with E-state index in [1.54, 1.807) is 7.11 Å². The van der Waals surface area contributed by atoms with Crippen LogP contribution < -0.4 is 0 Å². The summed E-state index contributed by atoms with van der Waals surface area (Å²) >= 11 is 0. The van der Waals surface area contributed by atoms with Crippen molar-refractivity contribution in [3.05, 3.63) is 0 Å². The van der Waals surface area contributed by atoms with Crippen molar-refractivity contribution in [3.63, 3.8) is 0 Å². The highest BCUT2D eigenvalue weighted by molar-refractivity contribution is 8.13. The van der Waals surface area contributed by atoms with Crippen molar-refractivity contribution in [2.45, 2.75) is 38.5 Å². The summed E-state index contributed by atoms with van der Waals surface area (Å²) in [6, 6.07) is 0. The van der Waals surface area contributed by atoms with Crippen LogP contribution in [0.1, 0.15) is 38.5 Å². The molecule has 0 aromatic carbocycles. The highest BCUT2D eigenvalue weighted by Gasteiger charge is 2.35. The van der Waals surface area contributed by atoms with Crippen LogP contribution in [-0.4, -0.2) is 27.9 Å². The molecule has 0 N–H and O–H groups in total. The van der Waals surface area contributed by atoms with Crippen molar-refractivity contribution < 1.29 is 13.2 Å². The summed E-state index contributed by atoms with van der Waals surface area (Å²) in [5.74, 6) is 0.0510. The van der Waals surface area contributed by atoms with E-state index in [4.69, 9.17) is 15.4 Å². The van der Waals surface area contributed by atoms with E-state index in [-0.39, 0.29) is 11.2 Å². The van der Waals surface area contributed by atoms with Gasteiger partial charge >= 0.3 is 0 Å². The van der Waals surface area contributed by atoms with Gasteiger partial charge in [-0.1, -0.05) is 25.7 Å². The largest absolute Gasteiger partial charge is 0.384 e. The summed E-state index contributed by atoms with van der Waals surface area (Å²) in [6.45, 7) is 0.499. The lowest BCUT2D eigenvalue weighted by molar-refractivity contribution is 0.0828. The molecule has 0 amide bonds. The molecule has 1 rings (SSSR count). The van der Waals surface area contributed by atoms with Crippen LogP contribution in [0.15, 0.2) is 0 Å². The van der Waals surface area contributed by atoms with Crippen molar-refractivity contribution in [1.82, 2.24) is 0 Å². The molecule has 90 valence electrons. The zero-order chi connectivity index (χ0) is 11.4. The summed E-state index contributed by atoms with van der Waals surface area (Å²) in [6.07, 6.45) is 6.35. The van der Waals surface area contributed by atoms with Gasteiger partial charge in [0.05, 0.1) is 12.4 Å². The van der Waals surface area contributed by atoms with E-state index in [9.17, 15) is 8.42 Å². The van der Waals surface area contributed by atoms with Crippen molar-refractivity contribution in [2.24, 2.45) is 5.41 Å². The minimum Gasteiger partial charge on any atom is -0.384 e. The summed E-state index contributed by atoms with van der Waals surface area (Å²) in [5.41, 5.74) is -0.244. The fourth-order valence-corrected chi connectivity index (χ4v) is 4.28. The second-order valence-electron chi connectivity index (χ2n) is 4.53. The quantitative estimate of drug-likeness (QED) is 0.572. The van der Waals surface area contributed by atoms with Crippen molar-refractivity contribution in [2.75, 3.05) is 19.5 Å². The van der Waals surface area contributed by atoms with Crippen LogP contribution in [0, 0.1) is 5.41 Å². The average molecular weight is 255 g/mol. The summed E-state index contributed by atoms with van der Waals surface area (Å²) < 4.78 is 27.6. The Kier molecular flexibility index (Phi) is 4.87. The van der Waals surface area contributed by atoms with Crippen LogP contribution in [0.4, 0.5) is 0 Å². The molecule has 0 radical (unpaired) electrons. The molecule has 1 saturated carbocycles. The lowest BCUT2D eigenvalue weighted by Gasteiger charge is -2.30. The number of ether oxygens (including phenoxy) is 1. The third-order valence-electron chi connectivity index (χ3n) is 3.09. The van der Waals surface area contributed by atoms with Gasteiger partial charge in [-0.15, -0.1) is 0 Å². The molecule has 15 heavy (non-hydrogen) atoms. The zero-order valence-corrected chi connectivity index (χ0v) is 10.7. The Morgan fingerprint density at radius 2 is 1.73 bits per heavy atom. The van der Waals surface area contributed by atoms with E-state index >= 15 is 0 Å². The zero-order valence-electron chi connectivity index (χ0n) is 9.17. The van der Waals surface area contributed by atoms with Crippen LogP contribution in [-0.2, 0) is 13.8 Å². The first kappa shape index (κ1) is 13.3. The molecule has 0 aromatic heterocycles. The summed E-state index contributed by atoms with van der Waals surface area (Å²) in [7, 11) is 3.55. The fourth-order valence-electron chi connectivity index (χ4n) is 2.48. The van der Waals surface area contributed by atoms with E-state index in [0.717, 1.165) is 25.7 Å². The van der Waals surface area contributed by atoms with Gasteiger partial charge in [-0.3, -0.25) is 0 Å². The first-order chi connectivity index (χ1) is 6.97. The number of methoxy groups -OCH3 is 1. The molecule has 5 heteroatoms. The number of hydrogen-bond donors (Lipinski definition) is 0. The summed E-state index contributed by atoms with van der Waals surface area (Å²) in [5, 5.41) is 0. The average Bonchev–Trinajstić information content (AvgIpc) is 2.28. The lowest BCUT2D eigenvalue weighted by atomic mass is 9.83. The number of rotatable bonds is 4. The van der Waals surface area contributed by atoms with Gasteiger partial charge in [0.1, 0.15) is 0 Å². The predicted octanol–water partition coefficient (Wildman–Crippen LogP) is 2.54. The molecule has 1 aliphatic carbocycles. The molecule has 3 nitrogen and oxygen atoms in total. The first-order valence-electron chi connectivity index (χ1n) is 5.39. The van der Waals surface area contributed by atoms with Gasteiger partial charge in [-0.25, -0.2) is 8.42 Å². The van der Waals surface area contributed by atoms with E-state index in [1.165, 1.54) is 12.8 Å². The van der Waals surface area contributed by atoms with Crippen LogP contribution in [0.3, 0.4) is 0 Å². The standard InChI is InChI=1S/C10H19ClO3S/c1-14-8-10(9-15(11,12)13)6-4-2-3-5-7-10/h2-9H2,1H3. The van der Waals surface area contributed by atoms with Gasteiger partial charge in [0.25, 0.3) is 0 Å². The Labute approximate surface area is 96.6 Å². The molecule has 0 aliphatic heterocycles. The second-order valence-corrected chi connectivity index (χ2v) is 7.31. The summed E-state index contributed by atoms with van der Waals surface area (Å²) in [4.78, 5) is 0. The van der Waals surface area contributed by atoms with Gasteiger partial charge in [0, 0.05) is 23.2 Å². The van der Waals surface area contributed by atoms with Gasteiger partial charge < -0.3 is 4.74 Å². The smallest absolute Gasteiger partial charge is 0.233 e. The fraction of sp³-hybridized carbons (Fsp3) is 1.00. The van der Waals surface area contributed by atoms with E-state index in [2.05, 4.69) is 0 Å². The van der Waals surface area contributed by atoms with Gasteiger partial charge in [0.15, 0.2) is 0 Å². The lowest BCUT2D eigenvalue weighted by Crippen LogP contribution is -2.32. The number of hydrogen-bond acceptors (Lipinski definition) is 3. The van der Waals surface area contributed by atoms with Crippen LogP contribution >= 0.6 is 10.7 Å². The Morgan fingerprint density at radius 1 is 1.20 bits per heavy atom. The van der Waals surface area contributed by atoms with Crippen LogP contribution in [0.2, 0.25) is 0 Å². The molecule has 0 atom stereocenters. The van der Waals surface area contributed by atoms with E-state index < -0.39 is 9.05 Å². The Hall–Kier alpha value is 0.200. The van der Waals surface area contributed by atoms with Gasteiger partial charge in [-0.05, 0) is 12.8 Å². The van der Waals surface area contributed by atoms with Crippen LogP contribution in [0.5, 0.6) is 0 Å². The molecule has 0 heterocycles. The molecule has 0 bridgehead atoms. The first-order valence-corrected chi connectivity index (χ1v) is 7.87. The predicted molar refractivity (Wildman–Crippen MR) is 61.7 cm³/mol. The van der Waals surface area contributed by atoms with Crippen molar-refractivity contribution in [1.29, 1.82) is 0 Å². The molecule has 0 unspecified atom stereocenters.